The van der Waals surface area contributed by atoms with Crippen molar-refractivity contribution in [2.24, 2.45) is 23.2 Å². The number of hydrogen-bond donors (Lipinski definition) is 2. The van der Waals surface area contributed by atoms with Crippen LogP contribution in [0.15, 0.2) is 97.6 Å². The van der Waals surface area contributed by atoms with Crippen LogP contribution in [0.5, 0.6) is 11.5 Å². The van der Waals surface area contributed by atoms with Crippen LogP contribution in [0, 0.1) is 23.2 Å². The molecule has 2 aliphatic carbocycles. The molecule has 2 saturated carbocycles. The molecule has 1 unspecified atom stereocenters. The van der Waals surface area contributed by atoms with Crippen molar-refractivity contribution in [2.45, 2.75) is 76.4 Å². The van der Waals surface area contributed by atoms with Gasteiger partial charge >= 0.3 is 5.97 Å². The zero-order chi connectivity index (χ0) is 39.2. The number of ketones is 1. The average molecular weight is 758 g/mol. The third-order valence-electron chi connectivity index (χ3n) is 12.0. The van der Waals surface area contributed by atoms with E-state index >= 15 is 0 Å². The van der Waals surface area contributed by atoms with E-state index in [1.807, 2.05) is 84.9 Å². The van der Waals surface area contributed by atoms with Gasteiger partial charge in [-0.05, 0) is 55.2 Å². The van der Waals surface area contributed by atoms with Crippen LogP contribution in [0.2, 0.25) is 0 Å². The Labute approximate surface area is 328 Å². The van der Waals surface area contributed by atoms with Crippen molar-refractivity contribution in [3.05, 3.63) is 103 Å². The summed E-state index contributed by atoms with van der Waals surface area (Å²) < 4.78 is 12.2. The number of ether oxygens (including phenoxy) is 2. The smallest absolute Gasteiger partial charge is 0.310 e. The fraction of sp³-hybridized carbons (Fsp3) is 0.413. The molecule has 292 valence electrons. The maximum absolute atomic E-state index is 14.5. The quantitative estimate of drug-likeness (QED) is 0.113. The van der Waals surface area contributed by atoms with Gasteiger partial charge in [-0.25, -0.2) is 4.98 Å². The third kappa shape index (κ3) is 8.64. The number of aromatic nitrogens is 1. The van der Waals surface area contributed by atoms with Gasteiger partial charge in [-0.15, -0.1) is 6.58 Å². The van der Waals surface area contributed by atoms with Crippen molar-refractivity contribution >= 4 is 34.5 Å². The van der Waals surface area contributed by atoms with E-state index in [0.717, 1.165) is 42.2 Å². The van der Waals surface area contributed by atoms with Crippen LogP contribution in [0.4, 0.5) is 0 Å². The summed E-state index contributed by atoms with van der Waals surface area (Å²) >= 11 is 0. The number of benzene rings is 3. The molecule has 2 amide bonds. The molecule has 0 spiro atoms. The Hall–Kier alpha value is -5.51. The fourth-order valence-corrected chi connectivity index (χ4v) is 8.66. The Kier molecular flexibility index (Phi) is 11.8. The molecular weight excluding hydrogens is 707 g/mol. The van der Waals surface area contributed by atoms with E-state index in [-0.39, 0.29) is 49.3 Å². The summed E-state index contributed by atoms with van der Waals surface area (Å²) in [4.78, 5) is 61.5. The number of likely N-dealkylation sites (tertiary alicyclic amines) is 1. The molecule has 2 heterocycles. The molecule has 4 aromatic rings. The maximum Gasteiger partial charge on any atom is 0.310 e. The van der Waals surface area contributed by atoms with Crippen LogP contribution in [0.1, 0.15) is 63.4 Å². The largest absolute Gasteiger partial charge is 0.497 e. The number of hydrogen-bond acceptors (Lipinski definition) is 7. The van der Waals surface area contributed by atoms with E-state index in [1.54, 1.807) is 13.2 Å². The molecule has 3 fully saturated rings. The number of aliphatic carboxylic acids is 1. The molecule has 5 atom stereocenters. The number of carbonyl (C=O) groups excluding carboxylic acids is 3. The first kappa shape index (κ1) is 38.8. The van der Waals surface area contributed by atoms with E-state index in [2.05, 4.69) is 11.9 Å². The molecule has 1 aromatic heterocycles. The summed E-state index contributed by atoms with van der Waals surface area (Å²) in [6.45, 7) is 4.47. The Morgan fingerprint density at radius 1 is 1.00 bits per heavy atom. The first-order valence-electron chi connectivity index (χ1n) is 19.9. The van der Waals surface area contributed by atoms with Gasteiger partial charge in [0.1, 0.15) is 17.6 Å². The van der Waals surface area contributed by atoms with Crippen molar-refractivity contribution in [3.63, 3.8) is 0 Å². The molecule has 0 radical (unpaired) electrons. The number of methoxy groups -OCH3 is 1. The van der Waals surface area contributed by atoms with E-state index in [0.29, 0.717) is 48.0 Å². The van der Waals surface area contributed by atoms with Gasteiger partial charge in [-0.1, -0.05) is 86.0 Å². The minimum Gasteiger partial charge on any atom is -0.497 e. The molecule has 3 aromatic carbocycles. The molecule has 1 aliphatic heterocycles. The van der Waals surface area contributed by atoms with E-state index < -0.39 is 29.4 Å². The number of allylic oxidation sites excluding steroid dienone is 1. The second-order valence-corrected chi connectivity index (χ2v) is 15.8. The number of carbonyl (C=O) groups is 4. The number of amides is 2. The van der Waals surface area contributed by atoms with E-state index in [1.165, 1.54) is 11.3 Å². The van der Waals surface area contributed by atoms with Gasteiger partial charge in [0.05, 0.1) is 42.2 Å². The summed E-state index contributed by atoms with van der Waals surface area (Å²) in [6, 6.07) is 25.9. The summed E-state index contributed by atoms with van der Waals surface area (Å²) in [5.74, 6) is -1.24. The number of fused-ring (bicyclic) bond motifs is 1. The molecular formula is C46H51N3O7. The van der Waals surface area contributed by atoms with Crippen LogP contribution in [-0.2, 0) is 25.6 Å². The standard InChI is InChI=1S/C46H51N3O7/c1-3-34-26-46(34,45(53)54)27-41(50)40-24-36(56-42-25-38(32-17-11-6-12-18-32)48-39-23-35(55-2)19-20-37(39)42)29-49(40)43(51)22-33(21-30-13-7-4-8-14-30)44(52)47-28-31-15-9-5-10-16-31/h3-4,6-8,11-14,17-20,23,25,31,33-34,36,40H,1,5,9-10,15-16,21-22,24,26-29H2,2H3,(H,47,52)(H,53,54)/t33-,34?,36-,40+,46-/m1/s1. The van der Waals surface area contributed by atoms with Crippen molar-refractivity contribution < 1.29 is 33.8 Å². The molecule has 10 nitrogen and oxygen atoms in total. The number of carboxylic acids is 1. The zero-order valence-electron chi connectivity index (χ0n) is 32.0. The van der Waals surface area contributed by atoms with Gasteiger partial charge < -0.3 is 24.8 Å². The average Bonchev–Trinajstić information content (AvgIpc) is 3.79. The Morgan fingerprint density at radius 2 is 1.73 bits per heavy atom. The summed E-state index contributed by atoms with van der Waals surface area (Å²) in [5, 5.41) is 14.1. The van der Waals surface area contributed by atoms with Crippen LogP contribution in [0.3, 0.4) is 0 Å². The van der Waals surface area contributed by atoms with Crippen LogP contribution < -0.4 is 14.8 Å². The fourth-order valence-electron chi connectivity index (χ4n) is 8.66. The maximum atomic E-state index is 14.5. The molecule has 2 N–H and O–H groups in total. The zero-order valence-corrected chi connectivity index (χ0v) is 32.0. The lowest BCUT2D eigenvalue weighted by Gasteiger charge is -2.27. The lowest BCUT2D eigenvalue weighted by atomic mass is 9.88. The lowest BCUT2D eigenvalue weighted by molar-refractivity contribution is -0.147. The number of rotatable bonds is 16. The number of nitrogens with one attached hydrogen (secondary N) is 1. The van der Waals surface area contributed by atoms with Crippen LogP contribution >= 0.6 is 0 Å². The Morgan fingerprint density at radius 3 is 2.41 bits per heavy atom. The van der Waals surface area contributed by atoms with Gasteiger partial charge in [0, 0.05) is 48.9 Å². The topological polar surface area (TPSA) is 135 Å². The monoisotopic (exact) mass is 757 g/mol. The highest BCUT2D eigenvalue weighted by molar-refractivity contribution is 5.95. The van der Waals surface area contributed by atoms with Crippen molar-refractivity contribution in [2.75, 3.05) is 20.2 Å². The Bertz CT molecular complexity index is 2070. The van der Waals surface area contributed by atoms with Crippen molar-refractivity contribution in [1.29, 1.82) is 0 Å². The van der Waals surface area contributed by atoms with Crippen LogP contribution in [-0.4, -0.2) is 70.9 Å². The minimum atomic E-state index is -1.23. The molecule has 0 bridgehead atoms. The SMILES string of the molecule is C=CC1C[C@]1(CC(=O)[C@@H]1C[C@@H](Oc2cc(-c3ccccc3)nc3cc(OC)ccc23)CN1C(=O)C[C@@H](Cc1ccccc1)C(=O)NCC1CCCCC1)C(=O)O. The van der Waals surface area contributed by atoms with Gasteiger partial charge in [0.15, 0.2) is 5.78 Å². The Balaban J connectivity index is 1.17. The molecule has 1 saturated heterocycles. The number of nitrogens with zero attached hydrogens (tertiary/aromatic N) is 2. The van der Waals surface area contributed by atoms with Gasteiger partial charge in [0.25, 0.3) is 0 Å². The van der Waals surface area contributed by atoms with Gasteiger partial charge in [0.2, 0.25) is 11.8 Å². The van der Waals surface area contributed by atoms with E-state index in [9.17, 15) is 24.3 Å². The highest BCUT2D eigenvalue weighted by atomic mass is 16.5. The number of pyridine rings is 1. The van der Waals surface area contributed by atoms with Crippen molar-refractivity contribution in [3.8, 4) is 22.8 Å². The summed E-state index contributed by atoms with van der Waals surface area (Å²) in [6.07, 6.45) is 7.27. The molecule has 3 aliphatic rings. The predicted molar refractivity (Wildman–Crippen MR) is 214 cm³/mol. The highest BCUT2D eigenvalue weighted by Crippen LogP contribution is 2.56. The summed E-state index contributed by atoms with van der Waals surface area (Å²) in [7, 11) is 1.60. The number of Topliss-reactive ketones (excluding diaryl/α,β-unsaturated/α-hetero) is 1. The second kappa shape index (κ2) is 17.1. The normalized spacial score (nSPS) is 22.6. The van der Waals surface area contributed by atoms with Gasteiger partial charge in [-0.2, -0.15) is 0 Å². The lowest BCUT2D eigenvalue weighted by Crippen LogP contribution is -2.44. The third-order valence-corrected chi connectivity index (χ3v) is 12.0. The number of carboxylic acid groups (broad SMARTS) is 1. The van der Waals surface area contributed by atoms with Crippen molar-refractivity contribution in [1.82, 2.24) is 15.2 Å². The summed E-state index contributed by atoms with van der Waals surface area (Å²) in [5.41, 5.74) is 1.96. The molecule has 7 rings (SSSR count). The van der Waals surface area contributed by atoms with E-state index in [4.69, 9.17) is 14.5 Å². The molecule has 10 heteroatoms. The first-order chi connectivity index (χ1) is 27.2. The predicted octanol–water partition coefficient (Wildman–Crippen LogP) is 7.44. The first-order valence-corrected chi connectivity index (χ1v) is 19.9. The second-order valence-electron chi connectivity index (χ2n) is 15.8. The van der Waals surface area contributed by atoms with Gasteiger partial charge in [-0.3, -0.25) is 19.2 Å². The molecule has 56 heavy (non-hydrogen) atoms. The van der Waals surface area contributed by atoms with Crippen LogP contribution in [0.25, 0.3) is 22.2 Å². The minimum absolute atomic E-state index is 0.0998. The highest BCUT2D eigenvalue weighted by Gasteiger charge is 2.60.